The summed E-state index contributed by atoms with van der Waals surface area (Å²) in [5.74, 6) is -1.05. The van der Waals surface area contributed by atoms with E-state index in [2.05, 4.69) is 10.1 Å². The summed E-state index contributed by atoms with van der Waals surface area (Å²) in [6, 6.07) is 7.08. The van der Waals surface area contributed by atoms with E-state index in [0.717, 1.165) is 27.5 Å². The third kappa shape index (κ3) is 3.35. The van der Waals surface area contributed by atoms with Crippen LogP contribution in [0.3, 0.4) is 0 Å². The summed E-state index contributed by atoms with van der Waals surface area (Å²) in [5, 5.41) is 16.5. The zero-order valence-electron chi connectivity index (χ0n) is 14.7. The Hall–Kier alpha value is -3.00. The van der Waals surface area contributed by atoms with E-state index >= 15 is 0 Å². The van der Waals surface area contributed by atoms with Gasteiger partial charge in [-0.1, -0.05) is 24.3 Å². The molecule has 27 heavy (non-hydrogen) atoms. The number of aliphatic carboxylic acids is 1. The van der Waals surface area contributed by atoms with Crippen LogP contribution in [0.1, 0.15) is 24.1 Å². The Balaban J connectivity index is 1.54. The number of aryl methyl sites for hydroxylation is 1. The van der Waals surface area contributed by atoms with Crippen LogP contribution in [0.15, 0.2) is 42.0 Å². The molecule has 0 saturated carbocycles. The Morgan fingerprint density at radius 2 is 2.11 bits per heavy atom. The van der Waals surface area contributed by atoms with E-state index in [1.165, 1.54) is 16.2 Å². The summed E-state index contributed by atoms with van der Waals surface area (Å²) < 4.78 is 1.77. The number of benzene rings is 1. The largest absolute Gasteiger partial charge is 0.480 e. The van der Waals surface area contributed by atoms with Gasteiger partial charge in [0.05, 0.1) is 5.69 Å². The van der Waals surface area contributed by atoms with Crippen LogP contribution in [-0.4, -0.2) is 42.7 Å². The first-order valence-corrected chi connectivity index (χ1v) is 9.48. The second-order valence-electron chi connectivity index (χ2n) is 6.50. The van der Waals surface area contributed by atoms with E-state index in [1.54, 1.807) is 10.9 Å². The van der Waals surface area contributed by atoms with Crippen molar-refractivity contribution in [3.05, 3.63) is 53.3 Å². The molecular weight excluding hydrogens is 364 g/mol. The molecule has 2 aromatic heterocycles. The number of hydrogen-bond donors (Lipinski definition) is 1. The van der Waals surface area contributed by atoms with Crippen molar-refractivity contribution >= 4 is 23.2 Å². The zero-order chi connectivity index (χ0) is 19.0. The second-order valence-corrected chi connectivity index (χ2v) is 7.37. The molecule has 1 aromatic carbocycles. The first-order valence-electron chi connectivity index (χ1n) is 8.60. The number of thiazole rings is 1. The summed E-state index contributed by atoms with van der Waals surface area (Å²) >= 11 is 1.52. The smallest absolute Gasteiger partial charge is 0.326 e. The van der Waals surface area contributed by atoms with Crippen molar-refractivity contribution in [1.82, 2.24) is 19.7 Å². The minimum absolute atomic E-state index is 0.105. The van der Waals surface area contributed by atoms with Gasteiger partial charge in [0.15, 0.2) is 0 Å². The molecule has 138 valence electrons. The van der Waals surface area contributed by atoms with Gasteiger partial charge >= 0.3 is 5.97 Å². The van der Waals surface area contributed by atoms with Crippen molar-refractivity contribution in [2.75, 3.05) is 0 Å². The molecule has 1 atom stereocenters. The van der Waals surface area contributed by atoms with Crippen molar-refractivity contribution in [3.8, 4) is 16.3 Å². The van der Waals surface area contributed by atoms with E-state index < -0.39 is 12.0 Å². The standard InChI is InChI=1S/C19H18N4O3S/c1-12-15(11-23(21-12)19-20-8-9-27-19)14-4-2-13(3-5-14)10-22-16(18(25)26)6-7-17(22)24/h2-5,8-9,11,16H,6-7,10H2,1H3,(H,25,26). The lowest BCUT2D eigenvalue weighted by molar-refractivity contribution is -0.146. The summed E-state index contributed by atoms with van der Waals surface area (Å²) in [7, 11) is 0. The first kappa shape index (κ1) is 17.4. The fraction of sp³-hybridized carbons (Fsp3) is 0.263. The highest BCUT2D eigenvalue weighted by atomic mass is 32.1. The number of carbonyl (C=O) groups is 2. The van der Waals surface area contributed by atoms with E-state index in [4.69, 9.17) is 0 Å². The van der Waals surface area contributed by atoms with Crippen molar-refractivity contribution in [2.45, 2.75) is 32.4 Å². The molecule has 1 saturated heterocycles. The minimum atomic E-state index is -0.942. The topological polar surface area (TPSA) is 88.3 Å². The molecule has 1 fully saturated rings. The van der Waals surface area contributed by atoms with Gasteiger partial charge in [-0.3, -0.25) is 4.79 Å². The molecule has 4 rings (SSSR count). The fourth-order valence-corrected chi connectivity index (χ4v) is 3.91. The molecule has 1 aliphatic rings. The molecule has 0 radical (unpaired) electrons. The predicted octanol–water partition coefficient (Wildman–Crippen LogP) is 2.88. The third-order valence-corrected chi connectivity index (χ3v) is 5.51. The highest BCUT2D eigenvalue weighted by molar-refractivity contribution is 7.12. The quantitative estimate of drug-likeness (QED) is 0.733. The lowest BCUT2D eigenvalue weighted by Crippen LogP contribution is -2.37. The maximum atomic E-state index is 12.0. The Kier molecular flexibility index (Phi) is 4.49. The first-order chi connectivity index (χ1) is 13.0. The second kappa shape index (κ2) is 6.96. The molecule has 3 aromatic rings. The molecule has 0 spiro atoms. The molecule has 0 bridgehead atoms. The number of likely N-dealkylation sites (tertiary alicyclic amines) is 1. The van der Waals surface area contributed by atoms with Crippen LogP contribution in [0, 0.1) is 6.92 Å². The molecule has 1 amide bonds. The lowest BCUT2D eigenvalue weighted by atomic mass is 10.0. The van der Waals surface area contributed by atoms with Gasteiger partial charge in [-0.25, -0.2) is 14.5 Å². The number of carboxylic acids is 1. The van der Waals surface area contributed by atoms with Gasteiger partial charge < -0.3 is 10.0 Å². The normalized spacial score (nSPS) is 16.9. The molecule has 1 unspecified atom stereocenters. The van der Waals surface area contributed by atoms with Gasteiger partial charge in [0.2, 0.25) is 11.0 Å². The van der Waals surface area contributed by atoms with Crippen molar-refractivity contribution in [2.24, 2.45) is 0 Å². The Morgan fingerprint density at radius 1 is 1.33 bits per heavy atom. The predicted molar refractivity (Wildman–Crippen MR) is 101 cm³/mol. The number of amides is 1. The van der Waals surface area contributed by atoms with Crippen LogP contribution < -0.4 is 0 Å². The zero-order valence-corrected chi connectivity index (χ0v) is 15.5. The van der Waals surface area contributed by atoms with E-state index in [-0.39, 0.29) is 5.91 Å². The highest BCUT2D eigenvalue weighted by Gasteiger charge is 2.35. The van der Waals surface area contributed by atoms with Crippen molar-refractivity contribution < 1.29 is 14.7 Å². The van der Waals surface area contributed by atoms with Crippen molar-refractivity contribution in [1.29, 1.82) is 0 Å². The van der Waals surface area contributed by atoms with Crippen LogP contribution in [-0.2, 0) is 16.1 Å². The number of nitrogens with zero attached hydrogens (tertiary/aromatic N) is 4. The number of carboxylic acid groups (broad SMARTS) is 1. The monoisotopic (exact) mass is 382 g/mol. The summed E-state index contributed by atoms with van der Waals surface area (Å²) in [6.07, 6.45) is 4.37. The maximum Gasteiger partial charge on any atom is 0.326 e. The summed E-state index contributed by atoms with van der Waals surface area (Å²) in [6.45, 7) is 2.27. The summed E-state index contributed by atoms with van der Waals surface area (Å²) in [5.41, 5.74) is 3.84. The fourth-order valence-electron chi connectivity index (χ4n) is 3.35. The molecule has 3 heterocycles. The number of carbonyl (C=O) groups excluding carboxylic acids is 1. The number of aromatic nitrogens is 3. The SMILES string of the molecule is Cc1nn(-c2nccs2)cc1-c1ccc(CN2C(=O)CCC2C(=O)O)cc1. The third-order valence-electron chi connectivity index (χ3n) is 4.75. The molecule has 0 aliphatic carbocycles. The minimum Gasteiger partial charge on any atom is -0.480 e. The average Bonchev–Trinajstić information content (AvgIpc) is 3.37. The lowest BCUT2D eigenvalue weighted by Gasteiger charge is -2.21. The van der Waals surface area contributed by atoms with E-state index in [1.807, 2.05) is 42.8 Å². The highest BCUT2D eigenvalue weighted by Crippen LogP contribution is 2.26. The van der Waals surface area contributed by atoms with Gasteiger partial charge in [-0.2, -0.15) is 5.10 Å². The maximum absolute atomic E-state index is 12.0. The van der Waals surface area contributed by atoms with Crippen molar-refractivity contribution in [3.63, 3.8) is 0 Å². The van der Waals surface area contributed by atoms with Crippen LogP contribution in [0.5, 0.6) is 0 Å². The number of hydrogen-bond acceptors (Lipinski definition) is 5. The Bertz CT molecular complexity index is 979. The molecule has 1 aliphatic heterocycles. The van der Waals surface area contributed by atoms with Gasteiger partial charge in [-0.15, -0.1) is 11.3 Å². The van der Waals surface area contributed by atoms with Gasteiger partial charge in [0, 0.05) is 36.3 Å². The molecule has 7 nitrogen and oxygen atoms in total. The average molecular weight is 382 g/mol. The summed E-state index contributed by atoms with van der Waals surface area (Å²) in [4.78, 5) is 29.0. The Labute approximate surface area is 159 Å². The van der Waals surface area contributed by atoms with Crippen LogP contribution in [0.4, 0.5) is 0 Å². The Morgan fingerprint density at radius 3 is 2.78 bits per heavy atom. The van der Waals surface area contributed by atoms with E-state index in [0.29, 0.717) is 19.4 Å². The van der Waals surface area contributed by atoms with Crippen LogP contribution >= 0.6 is 11.3 Å². The van der Waals surface area contributed by atoms with Crippen LogP contribution in [0.2, 0.25) is 0 Å². The van der Waals surface area contributed by atoms with Crippen LogP contribution in [0.25, 0.3) is 16.3 Å². The molecule has 1 N–H and O–H groups in total. The van der Waals surface area contributed by atoms with E-state index in [9.17, 15) is 14.7 Å². The molecular formula is C19H18N4O3S. The molecule has 8 heteroatoms. The van der Waals surface area contributed by atoms with Gasteiger partial charge in [-0.05, 0) is 24.5 Å². The van der Waals surface area contributed by atoms with Gasteiger partial charge in [0.25, 0.3) is 0 Å². The number of rotatable bonds is 5. The van der Waals surface area contributed by atoms with Gasteiger partial charge in [0.1, 0.15) is 6.04 Å².